The fraction of sp³-hybridized carbons (Fsp3) is 0.231. The smallest absolute Gasteiger partial charge is 0.260 e. The normalized spacial score (nSPS) is 13.2. The zero-order chi connectivity index (χ0) is 14.8. The van der Waals surface area contributed by atoms with Gasteiger partial charge in [-0.3, -0.25) is 9.19 Å². The molecule has 0 saturated carbocycles. The Bertz CT molecular complexity index is 644. The van der Waals surface area contributed by atoms with Gasteiger partial charge < -0.3 is 0 Å². The molecule has 1 unspecified atom stereocenters. The van der Waals surface area contributed by atoms with Gasteiger partial charge in [-0.25, -0.2) is 4.98 Å². The minimum atomic E-state index is -4.46. The molecule has 0 aliphatic carbocycles. The van der Waals surface area contributed by atoms with E-state index in [0.717, 1.165) is 6.07 Å². The third-order valence-electron chi connectivity index (χ3n) is 2.68. The van der Waals surface area contributed by atoms with Crippen molar-refractivity contribution in [2.45, 2.75) is 17.6 Å². The predicted octanol–water partition coefficient (Wildman–Crippen LogP) is 2.82. The fourth-order valence-corrected chi connectivity index (χ4v) is 2.55. The molecule has 0 radical (unpaired) electrons. The van der Waals surface area contributed by atoms with E-state index in [1.165, 1.54) is 24.7 Å². The molecule has 0 saturated heterocycles. The quantitative estimate of drug-likeness (QED) is 0.875. The zero-order valence-corrected chi connectivity index (χ0v) is 11.3. The molecule has 2 aromatic rings. The number of alkyl halides is 3. The van der Waals surface area contributed by atoms with Crippen LogP contribution in [-0.4, -0.2) is 20.4 Å². The lowest BCUT2D eigenvalue weighted by molar-refractivity contribution is -0.138. The van der Waals surface area contributed by atoms with Gasteiger partial charge in [0, 0.05) is 25.1 Å². The highest BCUT2D eigenvalue weighted by Gasteiger charge is 2.33. The molecule has 0 bridgehead atoms. The molecule has 2 heterocycles. The Hall–Kier alpha value is -1.76. The summed E-state index contributed by atoms with van der Waals surface area (Å²) in [6.07, 6.45) is -0.308. The Morgan fingerprint density at radius 3 is 2.45 bits per heavy atom. The Morgan fingerprint density at radius 2 is 1.80 bits per heavy atom. The van der Waals surface area contributed by atoms with Gasteiger partial charge in [0.25, 0.3) is 0 Å². The zero-order valence-electron chi connectivity index (χ0n) is 10.5. The number of aromatic nitrogens is 2. The van der Waals surface area contributed by atoms with Crippen molar-refractivity contribution in [2.75, 3.05) is 6.26 Å². The molecule has 0 N–H and O–H groups in total. The SMILES string of the molecule is CS(=O)c1ncccc1Cc1ncccc1C(F)(F)F. The van der Waals surface area contributed by atoms with Crippen LogP contribution in [0.15, 0.2) is 41.7 Å². The van der Waals surface area contributed by atoms with E-state index in [9.17, 15) is 17.4 Å². The molecule has 3 nitrogen and oxygen atoms in total. The fourth-order valence-electron chi connectivity index (χ4n) is 1.83. The molecule has 0 spiro atoms. The van der Waals surface area contributed by atoms with E-state index in [2.05, 4.69) is 9.97 Å². The summed E-state index contributed by atoms with van der Waals surface area (Å²) in [6, 6.07) is 5.44. The maximum atomic E-state index is 12.9. The van der Waals surface area contributed by atoms with E-state index >= 15 is 0 Å². The first-order valence-electron chi connectivity index (χ1n) is 5.68. The molecule has 0 aromatic carbocycles. The third-order valence-corrected chi connectivity index (χ3v) is 3.59. The average Bonchev–Trinajstić information content (AvgIpc) is 2.38. The van der Waals surface area contributed by atoms with E-state index in [-0.39, 0.29) is 17.1 Å². The van der Waals surface area contributed by atoms with Gasteiger partial charge in [0.15, 0.2) is 0 Å². The van der Waals surface area contributed by atoms with Crippen molar-refractivity contribution in [3.05, 3.63) is 53.5 Å². The minimum Gasteiger partial charge on any atom is -0.260 e. The van der Waals surface area contributed by atoms with Gasteiger partial charge in [0.1, 0.15) is 5.03 Å². The van der Waals surface area contributed by atoms with Crippen LogP contribution in [0, 0.1) is 0 Å². The summed E-state index contributed by atoms with van der Waals surface area (Å²) in [5.74, 6) is 0. The average molecular weight is 300 g/mol. The summed E-state index contributed by atoms with van der Waals surface area (Å²) in [6.45, 7) is 0. The van der Waals surface area contributed by atoms with E-state index in [0.29, 0.717) is 5.56 Å². The summed E-state index contributed by atoms with van der Waals surface area (Å²) in [4.78, 5) is 7.75. The first kappa shape index (κ1) is 14.6. The highest BCUT2D eigenvalue weighted by atomic mass is 32.2. The van der Waals surface area contributed by atoms with E-state index in [1.54, 1.807) is 12.1 Å². The van der Waals surface area contributed by atoms with Crippen LogP contribution in [0.4, 0.5) is 13.2 Å². The second-order valence-corrected chi connectivity index (χ2v) is 5.39. The van der Waals surface area contributed by atoms with Crippen molar-refractivity contribution in [2.24, 2.45) is 0 Å². The van der Waals surface area contributed by atoms with Crippen LogP contribution in [0.2, 0.25) is 0 Å². The van der Waals surface area contributed by atoms with Crippen molar-refractivity contribution in [1.29, 1.82) is 0 Å². The van der Waals surface area contributed by atoms with Crippen molar-refractivity contribution in [3.8, 4) is 0 Å². The van der Waals surface area contributed by atoms with Gasteiger partial charge in [-0.15, -0.1) is 0 Å². The van der Waals surface area contributed by atoms with Gasteiger partial charge in [-0.05, 0) is 23.8 Å². The van der Waals surface area contributed by atoms with Crippen LogP contribution >= 0.6 is 0 Å². The van der Waals surface area contributed by atoms with Gasteiger partial charge >= 0.3 is 6.18 Å². The van der Waals surface area contributed by atoms with Crippen LogP contribution in [0.3, 0.4) is 0 Å². The number of nitrogens with zero attached hydrogens (tertiary/aromatic N) is 2. The molecular weight excluding hydrogens is 289 g/mol. The maximum absolute atomic E-state index is 12.9. The molecule has 0 aliphatic heterocycles. The molecule has 1 atom stereocenters. The highest BCUT2D eigenvalue weighted by molar-refractivity contribution is 7.84. The lowest BCUT2D eigenvalue weighted by Gasteiger charge is -2.12. The number of hydrogen-bond acceptors (Lipinski definition) is 3. The standard InChI is InChI=1S/C13H11F3N2OS/c1-20(19)12-9(4-2-7-18-12)8-11-10(13(14,15)16)5-3-6-17-11/h2-7H,8H2,1H3. The number of rotatable bonds is 3. The van der Waals surface area contributed by atoms with Crippen molar-refractivity contribution < 1.29 is 17.4 Å². The van der Waals surface area contributed by atoms with Gasteiger partial charge in [-0.1, -0.05) is 6.07 Å². The monoisotopic (exact) mass is 300 g/mol. The highest BCUT2D eigenvalue weighted by Crippen LogP contribution is 2.32. The van der Waals surface area contributed by atoms with Crippen LogP contribution < -0.4 is 0 Å². The number of pyridine rings is 2. The third kappa shape index (κ3) is 3.22. The van der Waals surface area contributed by atoms with E-state index in [4.69, 9.17) is 0 Å². The van der Waals surface area contributed by atoms with Gasteiger partial charge in [0.2, 0.25) is 0 Å². The summed E-state index contributed by atoms with van der Waals surface area (Å²) >= 11 is 0. The Balaban J connectivity index is 2.44. The van der Waals surface area contributed by atoms with Crippen LogP contribution in [0.25, 0.3) is 0 Å². The maximum Gasteiger partial charge on any atom is 0.418 e. The van der Waals surface area contributed by atoms with Crippen LogP contribution in [0.5, 0.6) is 0 Å². The molecule has 106 valence electrons. The Morgan fingerprint density at radius 1 is 1.15 bits per heavy atom. The van der Waals surface area contributed by atoms with Crippen LogP contribution in [-0.2, 0) is 23.4 Å². The largest absolute Gasteiger partial charge is 0.418 e. The predicted molar refractivity (Wildman–Crippen MR) is 68.6 cm³/mol. The first-order valence-corrected chi connectivity index (χ1v) is 7.24. The van der Waals surface area contributed by atoms with Gasteiger partial charge in [0.05, 0.1) is 22.1 Å². The molecule has 7 heteroatoms. The van der Waals surface area contributed by atoms with E-state index < -0.39 is 22.5 Å². The first-order chi connectivity index (χ1) is 9.39. The lowest BCUT2D eigenvalue weighted by atomic mass is 10.1. The number of halogens is 3. The molecule has 2 rings (SSSR count). The second-order valence-electron chi connectivity index (χ2n) is 4.09. The topological polar surface area (TPSA) is 42.9 Å². The summed E-state index contributed by atoms with van der Waals surface area (Å²) in [5, 5.41) is 0.284. The lowest BCUT2D eigenvalue weighted by Crippen LogP contribution is -2.12. The van der Waals surface area contributed by atoms with Gasteiger partial charge in [-0.2, -0.15) is 13.2 Å². The van der Waals surface area contributed by atoms with Crippen LogP contribution in [0.1, 0.15) is 16.8 Å². The Labute approximate surface area is 116 Å². The molecular formula is C13H11F3N2OS. The second kappa shape index (κ2) is 5.70. The molecule has 2 aromatic heterocycles. The minimum absolute atomic E-state index is 0.0571. The summed E-state index contributed by atoms with van der Waals surface area (Å²) < 4.78 is 50.2. The summed E-state index contributed by atoms with van der Waals surface area (Å²) in [5.41, 5.74) is -0.395. The van der Waals surface area contributed by atoms with E-state index in [1.807, 2.05) is 0 Å². The molecule has 20 heavy (non-hydrogen) atoms. The van der Waals surface area contributed by atoms with Crippen molar-refractivity contribution >= 4 is 10.8 Å². The van der Waals surface area contributed by atoms with Crippen molar-refractivity contribution in [1.82, 2.24) is 9.97 Å². The molecule has 0 aliphatic rings. The Kier molecular flexibility index (Phi) is 4.17. The molecule has 0 fully saturated rings. The number of hydrogen-bond donors (Lipinski definition) is 0. The summed E-state index contributed by atoms with van der Waals surface area (Å²) in [7, 11) is -1.36. The molecule has 0 amide bonds. The van der Waals surface area contributed by atoms with Crippen molar-refractivity contribution in [3.63, 3.8) is 0 Å².